The van der Waals surface area contributed by atoms with Gasteiger partial charge < -0.3 is 28.4 Å². The molecule has 0 aromatic heterocycles. The smallest absolute Gasteiger partial charge is 0.428 e. The Bertz CT molecular complexity index is 2030. The molecule has 2 aromatic rings. The highest BCUT2D eigenvalue weighted by Crippen LogP contribution is 2.29. The highest BCUT2D eigenvalue weighted by Gasteiger charge is 2.28. The molecule has 4 N–H and O–H groups in total. The molecule has 2 aromatic carbocycles. The lowest BCUT2D eigenvalue weighted by Crippen LogP contribution is -2.48. The monoisotopic (exact) mass is 892 g/mol. The average molecular weight is 893 g/mol. The van der Waals surface area contributed by atoms with Gasteiger partial charge in [-0.3, -0.25) is 31.1 Å². The first-order valence-electron chi connectivity index (χ1n) is 17.3. The van der Waals surface area contributed by atoms with Crippen LogP contribution in [-0.4, -0.2) is 90.8 Å². The van der Waals surface area contributed by atoms with Gasteiger partial charge in [-0.2, -0.15) is 0 Å². The molecular weight excluding hydrogens is 849 g/mol. The molecule has 0 aliphatic heterocycles. The Morgan fingerprint density at radius 1 is 0.617 bits per heavy atom. The van der Waals surface area contributed by atoms with Gasteiger partial charge in [0, 0.05) is 35.4 Å². The van der Waals surface area contributed by atoms with Crippen molar-refractivity contribution in [2.45, 2.75) is 90.2 Å². The van der Waals surface area contributed by atoms with Crippen molar-refractivity contribution in [2.24, 2.45) is 0 Å². The summed E-state index contributed by atoms with van der Waals surface area (Å²) in [6, 6.07) is 5.69. The van der Waals surface area contributed by atoms with E-state index in [0.29, 0.717) is 0 Å². The van der Waals surface area contributed by atoms with Crippen LogP contribution in [0.4, 0.5) is 35.3 Å². The molecule has 2 rings (SSSR count). The molecule has 27 heteroatoms. The van der Waals surface area contributed by atoms with Crippen LogP contribution in [0.5, 0.6) is 11.5 Å². The number of hydrazine groups is 2. The van der Waals surface area contributed by atoms with Gasteiger partial charge in [-0.1, -0.05) is 0 Å². The van der Waals surface area contributed by atoms with Crippen LogP contribution in [0.1, 0.15) is 66.5 Å². The Morgan fingerprint density at radius 2 is 0.950 bits per heavy atom. The minimum atomic E-state index is -4.19. The van der Waals surface area contributed by atoms with Gasteiger partial charge >= 0.3 is 30.7 Å². The fraction of sp³-hybridized carbons (Fsp3) is 0.485. The third-order valence-electron chi connectivity index (χ3n) is 7.17. The zero-order chi connectivity index (χ0) is 45.8. The van der Waals surface area contributed by atoms with Gasteiger partial charge in [-0.15, -0.1) is 0 Å². The number of nitrogens with one attached hydrogen (secondary N) is 4. The van der Waals surface area contributed by atoms with E-state index in [9.17, 15) is 61.0 Å². The SMILES string of the molecule is CC(NNC(=O)OC(=O)OC(C)(C)C)S(=O)(=O)CCc1cc([N+](=O)[O-])ccc1OC(=O)Oc1ccc([N+](=O)[O-])cc1CCS(=O)(=O)C(C)NNC(=O)OC(=O)OC(C)(C)C. The van der Waals surface area contributed by atoms with Crippen LogP contribution < -0.4 is 31.2 Å². The topological polar surface area (TPSA) is 343 Å². The van der Waals surface area contributed by atoms with Gasteiger partial charge in [0.25, 0.3) is 11.4 Å². The fourth-order valence-electron chi connectivity index (χ4n) is 4.25. The molecule has 0 aliphatic carbocycles. The summed E-state index contributed by atoms with van der Waals surface area (Å²) in [7, 11) is -8.38. The van der Waals surface area contributed by atoms with Crippen molar-refractivity contribution < 1.29 is 79.1 Å². The fourth-order valence-corrected chi connectivity index (χ4v) is 6.44. The molecule has 2 atom stereocenters. The first kappa shape index (κ1) is 50.0. The summed E-state index contributed by atoms with van der Waals surface area (Å²) in [6.07, 6.45) is -8.01. The largest absolute Gasteiger partial charge is 0.519 e. The summed E-state index contributed by atoms with van der Waals surface area (Å²) in [5.74, 6) is -2.29. The van der Waals surface area contributed by atoms with E-state index < -0.39 is 129 Å². The second kappa shape index (κ2) is 20.7. The van der Waals surface area contributed by atoms with Gasteiger partial charge in [-0.25, -0.2) is 51.7 Å². The molecule has 0 saturated carbocycles. The van der Waals surface area contributed by atoms with Crippen LogP contribution in [0.3, 0.4) is 0 Å². The summed E-state index contributed by atoms with van der Waals surface area (Å²) in [5.41, 5.74) is 4.68. The maximum atomic E-state index is 13.0. The zero-order valence-corrected chi connectivity index (χ0v) is 35.0. The van der Waals surface area contributed by atoms with Crippen LogP contribution in [0.15, 0.2) is 36.4 Å². The number of aryl methyl sites for hydroxylation is 2. The molecule has 0 bridgehead atoms. The average Bonchev–Trinajstić information content (AvgIpc) is 3.09. The summed E-state index contributed by atoms with van der Waals surface area (Å²) >= 11 is 0. The molecule has 0 aliphatic rings. The van der Waals surface area contributed by atoms with Crippen molar-refractivity contribution in [2.75, 3.05) is 11.5 Å². The molecule has 60 heavy (non-hydrogen) atoms. The molecule has 332 valence electrons. The third kappa shape index (κ3) is 17.3. The molecule has 0 saturated heterocycles. The number of nitro benzene ring substituents is 2. The highest BCUT2D eigenvalue weighted by atomic mass is 32.2. The van der Waals surface area contributed by atoms with Gasteiger partial charge in [0.2, 0.25) is 0 Å². The minimum absolute atomic E-state index is 0.172. The normalized spacial score (nSPS) is 12.8. The van der Waals surface area contributed by atoms with Crippen molar-refractivity contribution in [3.63, 3.8) is 0 Å². The lowest BCUT2D eigenvalue weighted by Gasteiger charge is -2.19. The number of amides is 2. The molecular formula is C33H44N6O19S2. The number of carbonyl (C=O) groups excluding carboxylic acids is 5. The number of carbonyl (C=O) groups is 5. The molecule has 0 spiro atoms. The molecule has 2 amide bonds. The van der Waals surface area contributed by atoms with Crippen LogP contribution in [0, 0.1) is 20.2 Å². The molecule has 2 unspecified atom stereocenters. The minimum Gasteiger partial charge on any atom is -0.428 e. The van der Waals surface area contributed by atoms with Crippen LogP contribution in [-0.2, 0) is 51.5 Å². The Morgan fingerprint density at radius 3 is 1.25 bits per heavy atom. The number of nitro groups is 2. The number of rotatable bonds is 16. The van der Waals surface area contributed by atoms with Crippen LogP contribution >= 0.6 is 0 Å². The maximum Gasteiger partial charge on any atom is 0.519 e. The van der Waals surface area contributed by atoms with Crippen molar-refractivity contribution >= 4 is 61.7 Å². The van der Waals surface area contributed by atoms with Crippen molar-refractivity contribution in [3.8, 4) is 11.5 Å². The van der Waals surface area contributed by atoms with E-state index in [1.807, 2.05) is 10.9 Å². The quantitative estimate of drug-likeness (QED) is 0.0607. The van der Waals surface area contributed by atoms with E-state index in [1.165, 1.54) is 41.5 Å². The highest BCUT2D eigenvalue weighted by molar-refractivity contribution is 7.92. The maximum absolute atomic E-state index is 13.0. The van der Waals surface area contributed by atoms with Gasteiger partial charge in [-0.05, 0) is 80.4 Å². The number of nitrogens with zero attached hydrogens (tertiary/aromatic N) is 2. The van der Waals surface area contributed by atoms with Gasteiger partial charge in [0.15, 0.2) is 19.7 Å². The summed E-state index contributed by atoms with van der Waals surface area (Å²) < 4.78 is 80.8. The standard InChI is InChI=1S/C33H44N6O19S2/c1-19(34-36-27(40)55-30(43)57-32(3,4)5)59(49,50)15-13-21-17-23(38(45)46)9-11-25(21)53-29(42)54-26-12-10-24(39(47)48)18-22(26)14-16-60(51,52)20(2)35-37-28(41)56-31(44)58-33(6,7)8/h9-12,17-20,34-35H,13-16H2,1-8H3,(H,36,40)(H,37,41). The molecule has 0 radical (unpaired) electrons. The van der Waals surface area contributed by atoms with E-state index in [-0.39, 0.29) is 11.1 Å². The van der Waals surface area contributed by atoms with E-state index in [4.69, 9.17) is 18.9 Å². The first-order valence-corrected chi connectivity index (χ1v) is 20.7. The number of hydrogen-bond donors (Lipinski definition) is 4. The predicted octanol–water partition coefficient (Wildman–Crippen LogP) is 4.02. The van der Waals surface area contributed by atoms with Crippen molar-refractivity contribution in [1.29, 1.82) is 0 Å². The lowest BCUT2D eigenvalue weighted by molar-refractivity contribution is -0.385. The summed E-state index contributed by atoms with van der Waals surface area (Å²) in [4.78, 5) is 81.5. The van der Waals surface area contributed by atoms with E-state index in [0.717, 1.165) is 50.2 Å². The number of benzene rings is 2. The van der Waals surface area contributed by atoms with E-state index >= 15 is 0 Å². The Balaban J connectivity index is 2.18. The lowest BCUT2D eigenvalue weighted by atomic mass is 10.1. The molecule has 0 heterocycles. The zero-order valence-electron chi connectivity index (χ0n) is 33.4. The van der Waals surface area contributed by atoms with Gasteiger partial charge in [0.1, 0.15) is 33.4 Å². The Kier molecular flexibility index (Phi) is 17.2. The summed E-state index contributed by atoms with van der Waals surface area (Å²) in [6.45, 7) is 11.3. The molecule has 25 nitrogen and oxygen atoms in total. The predicted molar refractivity (Wildman–Crippen MR) is 205 cm³/mol. The van der Waals surface area contributed by atoms with E-state index in [2.05, 4.69) is 20.3 Å². The van der Waals surface area contributed by atoms with E-state index in [1.54, 1.807) is 0 Å². The number of non-ortho nitro benzene ring substituents is 2. The Labute approximate surface area is 342 Å². The third-order valence-corrected chi connectivity index (χ3v) is 11.1. The summed E-state index contributed by atoms with van der Waals surface area (Å²) in [5, 5.41) is 20.0. The Hall–Kier alpha value is -6.19. The second-order valence-electron chi connectivity index (χ2n) is 14.3. The van der Waals surface area contributed by atoms with Crippen LogP contribution in [0.25, 0.3) is 0 Å². The van der Waals surface area contributed by atoms with Gasteiger partial charge in [0.05, 0.1) is 21.4 Å². The first-order chi connectivity index (χ1) is 27.5. The number of hydrogen-bond acceptors (Lipinski definition) is 21. The van der Waals surface area contributed by atoms with Crippen molar-refractivity contribution in [1.82, 2.24) is 21.7 Å². The number of sulfone groups is 2. The number of ether oxygens (including phenoxy) is 6. The second-order valence-corrected chi connectivity index (χ2v) is 19.2. The molecule has 0 fully saturated rings. The van der Waals surface area contributed by atoms with Crippen molar-refractivity contribution in [3.05, 3.63) is 67.8 Å². The van der Waals surface area contributed by atoms with Crippen LogP contribution in [0.2, 0.25) is 0 Å².